The Labute approximate surface area is 245 Å². The highest BCUT2D eigenvalue weighted by atomic mass is 32.2. The van der Waals surface area contributed by atoms with Crippen molar-refractivity contribution in [3.05, 3.63) is 89.5 Å². The Kier molecular flexibility index (Phi) is 9.70. The molecular weight excluding hydrogens is 556 g/mol. The van der Waals surface area contributed by atoms with Crippen LogP contribution in [0.1, 0.15) is 42.0 Å². The van der Waals surface area contributed by atoms with Crippen LogP contribution in [0.5, 0.6) is 5.75 Å². The van der Waals surface area contributed by atoms with Gasteiger partial charge in [0.25, 0.3) is 0 Å². The first-order valence-corrected chi connectivity index (χ1v) is 15.3. The van der Waals surface area contributed by atoms with E-state index in [1.54, 1.807) is 28.8 Å². The van der Waals surface area contributed by atoms with Crippen LogP contribution in [-0.4, -0.2) is 60.2 Å². The van der Waals surface area contributed by atoms with Crippen LogP contribution in [0.15, 0.2) is 82.7 Å². The standard InChI is InChI=1S/C30H34N2O3S.C2H2O4/c1-22-26-12-6-7-14-29(26)32(3)30(22)36(33,34)25-18-16-24(17-19-25)35-21-9-20-31(2)28-15-8-11-23-10-4-5-13-27(23)28;3-1(4)2(5)6/h4-7,10,12-14,16-19,28H,8-9,11,15,20-21H2,1-3H3;(H,3,4)(H,5,6). The smallest absolute Gasteiger partial charge is 0.414 e. The van der Waals surface area contributed by atoms with E-state index >= 15 is 0 Å². The van der Waals surface area contributed by atoms with Crippen LogP contribution in [0.4, 0.5) is 0 Å². The molecule has 0 bridgehead atoms. The summed E-state index contributed by atoms with van der Waals surface area (Å²) in [6.45, 7) is 3.41. The Morgan fingerprint density at radius 1 is 0.976 bits per heavy atom. The van der Waals surface area contributed by atoms with Gasteiger partial charge in [0.15, 0.2) is 0 Å². The zero-order valence-corrected chi connectivity index (χ0v) is 24.8. The van der Waals surface area contributed by atoms with E-state index in [1.807, 2.05) is 38.2 Å². The van der Waals surface area contributed by atoms with Gasteiger partial charge in [-0.2, -0.15) is 0 Å². The minimum atomic E-state index is -3.65. The average molecular weight is 593 g/mol. The van der Waals surface area contributed by atoms with Crippen LogP contribution in [0.25, 0.3) is 10.9 Å². The number of para-hydroxylation sites is 1. The maximum atomic E-state index is 13.5. The first-order valence-electron chi connectivity index (χ1n) is 13.8. The quantitative estimate of drug-likeness (QED) is 0.210. The average Bonchev–Trinajstić information content (AvgIpc) is 3.25. The zero-order valence-electron chi connectivity index (χ0n) is 24.0. The van der Waals surface area contributed by atoms with Crippen molar-refractivity contribution in [2.45, 2.75) is 48.6 Å². The highest BCUT2D eigenvalue weighted by Crippen LogP contribution is 2.34. The van der Waals surface area contributed by atoms with Crippen LogP contribution >= 0.6 is 0 Å². The number of fused-ring (bicyclic) bond motifs is 2. The Morgan fingerprint density at radius 2 is 1.62 bits per heavy atom. The molecule has 0 radical (unpaired) electrons. The summed E-state index contributed by atoms with van der Waals surface area (Å²) in [5, 5.41) is 16.1. The molecule has 9 nitrogen and oxygen atoms in total. The molecule has 0 fully saturated rings. The lowest BCUT2D eigenvalue weighted by atomic mass is 9.87. The predicted octanol–water partition coefficient (Wildman–Crippen LogP) is 5.25. The summed E-state index contributed by atoms with van der Waals surface area (Å²) in [5.41, 5.74) is 4.63. The van der Waals surface area contributed by atoms with Gasteiger partial charge in [-0.05, 0) is 86.7 Å². The van der Waals surface area contributed by atoms with Crippen LogP contribution in [-0.2, 0) is 32.9 Å². The number of aryl methyl sites for hydroxylation is 3. The van der Waals surface area contributed by atoms with Crippen molar-refractivity contribution in [3.8, 4) is 5.75 Å². The fraction of sp³-hybridized carbons (Fsp3) is 0.312. The number of carboxylic acid groups (broad SMARTS) is 2. The largest absolute Gasteiger partial charge is 0.494 e. The summed E-state index contributed by atoms with van der Waals surface area (Å²) in [7, 11) is 0.353. The van der Waals surface area contributed by atoms with E-state index in [0.717, 1.165) is 29.4 Å². The molecule has 1 aromatic heterocycles. The first-order chi connectivity index (χ1) is 20.0. The van der Waals surface area contributed by atoms with Crippen LogP contribution in [0.2, 0.25) is 0 Å². The molecule has 0 spiro atoms. The Balaban J connectivity index is 0.000000612. The highest BCUT2D eigenvalue weighted by molar-refractivity contribution is 7.91. The number of hydrogen-bond donors (Lipinski definition) is 2. The molecule has 222 valence electrons. The fourth-order valence-corrected chi connectivity index (χ4v) is 7.30. The number of hydrogen-bond acceptors (Lipinski definition) is 6. The molecule has 10 heteroatoms. The summed E-state index contributed by atoms with van der Waals surface area (Å²) in [5.74, 6) is -2.96. The second kappa shape index (κ2) is 13.2. The maximum Gasteiger partial charge on any atom is 0.414 e. The van der Waals surface area contributed by atoms with E-state index in [9.17, 15) is 8.42 Å². The molecular formula is C32H36N2O7S. The highest BCUT2D eigenvalue weighted by Gasteiger charge is 2.26. The summed E-state index contributed by atoms with van der Waals surface area (Å²) in [4.78, 5) is 20.9. The van der Waals surface area contributed by atoms with Crippen molar-refractivity contribution in [1.29, 1.82) is 0 Å². The lowest BCUT2D eigenvalue weighted by Gasteiger charge is -2.33. The SMILES string of the molecule is Cc1c(S(=O)(=O)c2ccc(OCCCN(C)C3CCCc4ccccc43)cc2)n(C)c2ccccc12.O=C(O)C(=O)O. The predicted molar refractivity (Wildman–Crippen MR) is 160 cm³/mol. The second-order valence-electron chi connectivity index (χ2n) is 10.4. The van der Waals surface area contributed by atoms with E-state index in [2.05, 4.69) is 36.2 Å². The third-order valence-corrected chi connectivity index (χ3v) is 9.64. The monoisotopic (exact) mass is 592 g/mol. The fourth-order valence-electron chi connectivity index (χ4n) is 5.61. The van der Waals surface area contributed by atoms with E-state index in [4.69, 9.17) is 24.5 Å². The van der Waals surface area contributed by atoms with Gasteiger partial charge in [-0.15, -0.1) is 0 Å². The minimum absolute atomic E-state index is 0.277. The number of rotatable bonds is 8. The summed E-state index contributed by atoms with van der Waals surface area (Å²) < 4.78 is 34.6. The number of aliphatic carboxylic acids is 2. The summed E-state index contributed by atoms with van der Waals surface area (Å²) in [6, 6.07) is 23.8. The summed E-state index contributed by atoms with van der Waals surface area (Å²) >= 11 is 0. The molecule has 0 aliphatic heterocycles. The molecule has 0 saturated heterocycles. The second-order valence-corrected chi connectivity index (χ2v) is 12.2. The van der Waals surface area contributed by atoms with Crippen molar-refractivity contribution in [2.75, 3.05) is 20.2 Å². The van der Waals surface area contributed by atoms with Crippen molar-refractivity contribution in [2.24, 2.45) is 7.05 Å². The van der Waals surface area contributed by atoms with Gasteiger partial charge in [-0.3, -0.25) is 4.90 Å². The molecule has 42 heavy (non-hydrogen) atoms. The zero-order chi connectivity index (χ0) is 30.4. The number of carboxylic acids is 2. The Bertz CT molecular complexity index is 1630. The van der Waals surface area contributed by atoms with Crippen molar-refractivity contribution < 1.29 is 33.0 Å². The van der Waals surface area contributed by atoms with Gasteiger partial charge in [0, 0.05) is 30.5 Å². The van der Waals surface area contributed by atoms with E-state index in [1.165, 1.54) is 30.4 Å². The molecule has 1 aliphatic carbocycles. The van der Waals surface area contributed by atoms with Gasteiger partial charge in [0.2, 0.25) is 9.84 Å². The van der Waals surface area contributed by atoms with Gasteiger partial charge in [0.1, 0.15) is 10.8 Å². The molecule has 3 aromatic carbocycles. The molecule has 2 N–H and O–H groups in total. The molecule has 0 amide bonds. The third-order valence-electron chi connectivity index (χ3n) is 7.66. The van der Waals surface area contributed by atoms with Crippen LogP contribution in [0.3, 0.4) is 0 Å². The molecule has 1 unspecified atom stereocenters. The lowest BCUT2D eigenvalue weighted by Crippen LogP contribution is -2.29. The molecule has 4 aromatic rings. The molecule has 1 heterocycles. The Hall–Kier alpha value is -4.15. The van der Waals surface area contributed by atoms with E-state index in [0.29, 0.717) is 23.4 Å². The first kappa shape index (κ1) is 30.8. The van der Waals surface area contributed by atoms with Gasteiger partial charge >= 0.3 is 11.9 Å². The number of carbonyl (C=O) groups is 2. The van der Waals surface area contributed by atoms with Gasteiger partial charge in [-0.1, -0.05) is 42.5 Å². The van der Waals surface area contributed by atoms with Gasteiger partial charge in [0.05, 0.1) is 11.5 Å². The minimum Gasteiger partial charge on any atom is -0.494 e. The molecule has 1 aliphatic rings. The van der Waals surface area contributed by atoms with Crippen LogP contribution < -0.4 is 4.74 Å². The summed E-state index contributed by atoms with van der Waals surface area (Å²) in [6.07, 6.45) is 4.51. The van der Waals surface area contributed by atoms with Crippen molar-refractivity contribution >= 4 is 32.7 Å². The topological polar surface area (TPSA) is 126 Å². The number of sulfone groups is 1. The molecule has 0 saturated carbocycles. The number of nitrogens with zero attached hydrogens (tertiary/aromatic N) is 2. The lowest BCUT2D eigenvalue weighted by molar-refractivity contribution is -0.159. The maximum absolute atomic E-state index is 13.5. The van der Waals surface area contributed by atoms with Gasteiger partial charge < -0.3 is 19.5 Å². The van der Waals surface area contributed by atoms with E-state index in [-0.39, 0.29) is 4.90 Å². The number of ether oxygens (including phenoxy) is 1. The van der Waals surface area contributed by atoms with Crippen molar-refractivity contribution in [1.82, 2.24) is 9.47 Å². The molecule has 1 atom stereocenters. The number of benzene rings is 3. The Morgan fingerprint density at radius 3 is 2.29 bits per heavy atom. The molecule has 5 rings (SSSR count). The number of aromatic nitrogens is 1. The van der Waals surface area contributed by atoms with Crippen LogP contribution in [0, 0.1) is 6.92 Å². The van der Waals surface area contributed by atoms with Gasteiger partial charge in [-0.25, -0.2) is 18.0 Å². The van der Waals surface area contributed by atoms with Crippen molar-refractivity contribution in [3.63, 3.8) is 0 Å². The normalized spacial score (nSPS) is 14.6. The van der Waals surface area contributed by atoms with E-state index < -0.39 is 21.8 Å². The third kappa shape index (κ3) is 6.66.